The topological polar surface area (TPSA) is 78.4 Å². The minimum absolute atomic E-state index is 0.0524. The first-order valence-corrected chi connectivity index (χ1v) is 13.9. The average Bonchev–Trinajstić information content (AvgIpc) is 3.54. The van der Waals surface area contributed by atoms with E-state index < -0.39 is 0 Å². The molecule has 2 aliphatic heterocycles. The maximum atomic E-state index is 6.39. The van der Waals surface area contributed by atoms with Crippen molar-refractivity contribution in [2.45, 2.75) is 57.3 Å². The molecule has 3 fully saturated rings. The first kappa shape index (κ1) is 23.1. The largest absolute Gasteiger partial charge is 0.491 e. The number of aromatic nitrogens is 3. The fourth-order valence-electron chi connectivity index (χ4n) is 5.78. The Hall–Kier alpha value is -2.29. The number of nitrogens with two attached hydrogens (primary N) is 1. The highest BCUT2D eigenvalue weighted by molar-refractivity contribution is 7.99. The Morgan fingerprint density at radius 3 is 2.91 bits per heavy atom. The molecule has 0 bridgehead atoms. The number of fused-ring (bicyclic) bond motifs is 1. The molecular weight excluding hydrogens is 458 g/mol. The van der Waals surface area contributed by atoms with E-state index >= 15 is 0 Å². The van der Waals surface area contributed by atoms with Crippen molar-refractivity contribution in [3.05, 3.63) is 36.8 Å². The summed E-state index contributed by atoms with van der Waals surface area (Å²) in [6.07, 6.45) is 8.43. The summed E-state index contributed by atoms with van der Waals surface area (Å²) in [5.41, 5.74) is 9.41. The van der Waals surface area contributed by atoms with Crippen molar-refractivity contribution in [1.29, 1.82) is 0 Å². The Kier molecular flexibility index (Phi) is 6.15. The third kappa shape index (κ3) is 4.76. The molecule has 2 N–H and O–H groups in total. The number of anilines is 1. The summed E-state index contributed by atoms with van der Waals surface area (Å²) in [4.78, 5) is 11.6. The first-order chi connectivity index (χ1) is 16.9. The maximum Gasteiger partial charge on any atom is 0.146 e. The minimum Gasteiger partial charge on any atom is -0.491 e. The number of benzene rings is 1. The van der Waals surface area contributed by atoms with Crippen molar-refractivity contribution in [1.82, 2.24) is 19.4 Å². The van der Waals surface area contributed by atoms with Crippen LogP contribution in [-0.2, 0) is 4.74 Å². The van der Waals surface area contributed by atoms with Crippen LogP contribution in [0.4, 0.5) is 5.82 Å². The van der Waals surface area contributed by atoms with Gasteiger partial charge >= 0.3 is 0 Å². The molecule has 35 heavy (non-hydrogen) atoms. The molecule has 8 heteroatoms. The molecule has 0 spiro atoms. The summed E-state index contributed by atoms with van der Waals surface area (Å²) >= 11 is 2.04. The third-order valence-electron chi connectivity index (χ3n) is 7.72. The van der Waals surface area contributed by atoms with E-state index in [9.17, 15) is 0 Å². The lowest BCUT2D eigenvalue weighted by atomic mass is 9.79. The normalized spacial score (nSPS) is 26.3. The van der Waals surface area contributed by atoms with Crippen LogP contribution < -0.4 is 10.5 Å². The Labute approximate surface area is 211 Å². The number of hydrogen-bond donors (Lipinski definition) is 1. The van der Waals surface area contributed by atoms with Crippen molar-refractivity contribution in [2.24, 2.45) is 5.92 Å². The fourth-order valence-corrected chi connectivity index (χ4v) is 6.79. The highest BCUT2D eigenvalue weighted by atomic mass is 32.2. The van der Waals surface area contributed by atoms with Gasteiger partial charge in [0.15, 0.2) is 0 Å². The van der Waals surface area contributed by atoms with Crippen LogP contribution in [0.5, 0.6) is 5.75 Å². The minimum atomic E-state index is -0.0524. The van der Waals surface area contributed by atoms with Crippen LogP contribution in [0.15, 0.2) is 36.8 Å². The quantitative estimate of drug-likeness (QED) is 0.498. The van der Waals surface area contributed by atoms with Crippen LogP contribution in [0.1, 0.15) is 45.6 Å². The van der Waals surface area contributed by atoms with Crippen molar-refractivity contribution >= 4 is 28.6 Å². The SMILES string of the molecule is CC1(C)CCC(COc2cccc(-c3cn([C@H]4C[C@@H](CN5CCSC5)C4)c4ncnc(N)c34)c2)O1. The lowest BCUT2D eigenvalue weighted by Gasteiger charge is -2.38. The third-order valence-corrected chi connectivity index (χ3v) is 8.74. The second-order valence-corrected chi connectivity index (χ2v) is 12.0. The molecule has 1 atom stereocenters. The van der Waals surface area contributed by atoms with Gasteiger partial charge in [0, 0.05) is 42.5 Å². The van der Waals surface area contributed by atoms with Crippen molar-refractivity contribution in [2.75, 3.05) is 37.1 Å². The van der Waals surface area contributed by atoms with Gasteiger partial charge in [0.1, 0.15) is 30.1 Å². The Morgan fingerprint density at radius 1 is 1.26 bits per heavy atom. The standard InChI is InChI=1S/C27H35N5O2S/c1-27(2)7-6-22(34-27)15-33-21-5-3-4-19(12-21)23-14-32(26-24(23)25(28)29-16-30-26)20-10-18(11-20)13-31-8-9-35-17-31/h3-5,12,14,16,18,20,22H,6-11,13,15,17H2,1-2H3,(H2,28,29,30)/t18-,20+,22?. The predicted octanol–water partition coefficient (Wildman–Crippen LogP) is 4.97. The molecular formula is C27H35N5O2S. The summed E-state index contributed by atoms with van der Waals surface area (Å²) < 4.78 is 14.6. The van der Waals surface area contributed by atoms with Crippen molar-refractivity contribution in [3.63, 3.8) is 0 Å². The molecule has 0 amide bonds. The predicted molar refractivity (Wildman–Crippen MR) is 142 cm³/mol. The van der Waals surface area contributed by atoms with Crippen LogP contribution in [0.25, 0.3) is 22.2 Å². The van der Waals surface area contributed by atoms with Gasteiger partial charge in [0.25, 0.3) is 0 Å². The zero-order valence-electron chi connectivity index (χ0n) is 20.7. The van der Waals surface area contributed by atoms with Crippen LogP contribution >= 0.6 is 11.8 Å². The van der Waals surface area contributed by atoms with E-state index in [0.29, 0.717) is 18.5 Å². The van der Waals surface area contributed by atoms with Gasteiger partial charge in [-0.15, -0.1) is 11.8 Å². The lowest BCUT2D eigenvalue weighted by molar-refractivity contribution is -0.0326. The second kappa shape index (κ2) is 9.30. The summed E-state index contributed by atoms with van der Waals surface area (Å²) in [5.74, 6) is 4.59. The average molecular weight is 494 g/mol. The summed E-state index contributed by atoms with van der Waals surface area (Å²) in [7, 11) is 0. The van der Waals surface area contributed by atoms with Gasteiger partial charge in [-0.05, 0) is 63.1 Å². The molecule has 1 unspecified atom stereocenters. The van der Waals surface area contributed by atoms with Crippen LogP contribution in [-0.4, -0.2) is 62.5 Å². The molecule has 2 aromatic heterocycles. The van der Waals surface area contributed by atoms with Gasteiger partial charge in [0.2, 0.25) is 0 Å². The molecule has 2 saturated heterocycles. The molecule has 0 radical (unpaired) electrons. The van der Waals surface area contributed by atoms with Crippen LogP contribution in [0.2, 0.25) is 0 Å². The molecule has 1 aliphatic carbocycles. The number of ether oxygens (including phenoxy) is 2. The number of hydrogen-bond acceptors (Lipinski definition) is 7. The summed E-state index contributed by atoms with van der Waals surface area (Å²) in [6, 6.07) is 8.72. The summed E-state index contributed by atoms with van der Waals surface area (Å²) in [6.45, 7) is 7.30. The number of rotatable bonds is 7. The first-order valence-electron chi connectivity index (χ1n) is 12.8. The molecule has 1 saturated carbocycles. The second-order valence-electron chi connectivity index (χ2n) is 10.9. The van der Waals surface area contributed by atoms with Gasteiger partial charge in [-0.1, -0.05) is 12.1 Å². The van der Waals surface area contributed by atoms with E-state index in [1.165, 1.54) is 37.6 Å². The molecule has 186 valence electrons. The molecule has 3 aliphatic rings. The molecule has 7 nitrogen and oxygen atoms in total. The van der Waals surface area contributed by atoms with Gasteiger partial charge in [0.05, 0.1) is 17.1 Å². The number of thioether (sulfide) groups is 1. The Bertz CT molecular complexity index is 1200. The van der Waals surface area contributed by atoms with Crippen molar-refractivity contribution in [3.8, 4) is 16.9 Å². The van der Waals surface area contributed by atoms with Gasteiger partial charge in [-0.25, -0.2) is 9.97 Å². The molecule has 3 aromatic rings. The molecule has 1 aromatic carbocycles. The van der Waals surface area contributed by atoms with Gasteiger partial charge in [-0.3, -0.25) is 4.90 Å². The zero-order chi connectivity index (χ0) is 24.0. The fraction of sp³-hybridized carbons (Fsp3) is 0.556. The highest BCUT2D eigenvalue weighted by Crippen LogP contribution is 2.43. The smallest absolute Gasteiger partial charge is 0.146 e. The molecule has 4 heterocycles. The van der Waals surface area contributed by atoms with Gasteiger partial charge < -0.3 is 19.8 Å². The summed E-state index contributed by atoms with van der Waals surface area (Å²) in [5, 5.41) is 0.935. The van der Waals surface area contributed by atoms with Crippen molar-refractivity contribution < 1.29 is 9.47 Å². The van der Waals surface area contributed by atoms with E-state index in [2.05, 4.69) is 51.6 Å². The van der Waals surface area contributed by atoms with E-state index in [0.717, 1.165) is 46.7 Å². The van der Waals surface area contributed by atoms with Crippen LogP contribution in [0.3, 0.4) is 0 Å². The zero-order valence-corrected chi connectivity index (χ0v) is 21.5. The number of nitrogens with zero attached hydrogens (tertiary/aromatic N) is 4. The number of nitrogen functional groups attached to an aromatic ring is 1. The highest BCUT2D eigenvalue weighted by Gasteiger charge is 2.34. The lowest BCUT2D eigenvalue weighted by Crippen LogP contribution is -2.36. The van der Waals surface area contributed by atoms with E-state index in [4.69, 9.17) is 15.2 Å². The van der Waals surface area contributed by atoms with Crippen LogP contribution in [0, 0.1) is 5.92 Å². The van der Waals surface area contributed by atoms with E-state index in [-0.39, 0.29) is 11.7 Å². The molecule has 6 rings (SSSR count). The maximum absolute atomic E-state index is 6.39. The van der Waals surface area contributed by atoms with E-state index in [1.807, 2.05) is 23.9 Å². The Balaban J connectivity index is 1.21. The van der Waals surface area contributed by atoms with E-state index in [1.54, 1.807) is 6.33 Å². The Morgan fingerprint density at radius 2 is 2.14 bits per heavy atom. The monoisotopic (exact) mass is 493 g/mol. The van der Waals surface area contributed by atoms with Gasteiger partial charge in [-0.2, -0.15) is 0 Å².